The lowest BCUT2D eigenvalue weighted by Gasteiger charge is -2.12. The summed E-state index contributed by atoms with van der Waals surface area (Å²) in [6.45, 7) is 2.10. The summed E-state index contributed by atoms with van der Waals surface area (Å²) in [5.41, 5.74) is 0.508. The first kappa shape index (κ1) is 14.3. The van der Waals surface area contributed by atoms with Gasteiger partial charge in [0.1, 0.15) is 0 Å². The predicted octanol–water partition coefficient (Wildman–Crippen LogP) is 2.88. The molecule has 1 aromatic carbocycles. The monoisotopic (exact) mass is 258 g/mol. The molecule has 0 aliphatic rings. The van der Waals surface area contributed by atoms with Crippen molar-refractivity contribution in [2.45, 2.75) is 25.9 Å². The van der Waals surface area contributed by atoms with Crippen LogP contribution in [0.2, 0.25) is 0 Å². The van der Waals surface area contributed by atoms with E-state index in [9.17, 15) is 9.50 Å². The first-order valence-corrected chi connectivity index (χ1v) is 6.91. The highest BCUT2D eigenvalue weighted by Crippen LogP contribution is 2.21. The smallest absolute Gasteiger partial charge is 0.168 e. The second kappa shape index (κ2) is 7.56. The Morgan fingerprint density at radius 3 is 2.88 bits per heavy atom. The van der Waals surface area contributed by atoms with Crippen molar-refractivity contribution in [1.82, 2.24) is 0 Å². The molecule has 1 rings (SSSR count). The Kier molecular flexibility index (Phi) is 6.37. The zero-order valence-corrected chi connectivity index (χ0v) is 11.1. The lowest BCUT2D eigenvalue weighted by atomic mass is 10.1. The van der Waals surface area contributed by atoms with Crippen LogP contribution in [0, 0.1) is 5.82 Å². The van der Waals surface area contributed by atoms with Crippen molar-refractivity contribution in [3.63, 3.8) is 0 Å². The van der Waals surface area contributed by atoms with E-state index in [1.165, 1.54) is 7.11 Å². The maximum atomic E-state index is 13.8. The molecule has 0 spiro atoms. The molecule has 1 aromatic rings. The van der Waals surface area contributed by atoms with Gasteiger partial charge in [0.25, 0.3) is 0 Å². The fourth-order valence-electron chi connectivity index (χ4n) is 1.55. The summed E-state index contributed by atoms with van der Waals surface area (Å²) in [5.74, 6) is 1.53. The third kappa shape index (κ3) is 4.56. The summed E-state index contributed by atoms with van der Waals surface area (Å²) in [5, 5.41) is 9.79. The molecule has 96 valence electrons. The Morgan fingerprint density at radius 1 is 1.47 bits per heavy atom. The zero-order chi connectivity index (χ0) is 12.7. The topological polar surface area (TPSA) is 29.5 Å². The lowest BCUT2D eigenvalue weighted by molar-refractivity contribution is 0.198. The molecular weight excluding hydrogens is 239 g/mol. The van der Waals surface area contributed by atoms with E-state index in [1.54, 1.807) is 30.0 Å². The Labute approximate surface area is 106 Å². The maximum absolute atomic E-state index is 13.8. The largest absolute Gasteiger partial charge is 0.494 e. The number of benzene rings is 1. The first-order valence-electron chi connectivity index (χ1n) is 5.76. The molecule has 17 heavy (non-hydrogen) atoms. The van der Waals surface area contributed by atoms with Gasteiger partial charge in [-0.15, -0.1) is 0 Å². The van der Waals surface area contributed by atoms with Gasteiger partial charge in [0.2, 0.25) is 0 Å². The zero-order valence-electron chi connectivity index (χ0n) is 10.3. The molecule has 0 aliphatic heterocycles. The van der Waals surface area contributed by atoms with Crippen molar-refractivity contribution >= 4 is 11.8 Å². The fourth-order valence-corrected chi connectivity index (χ4v) is 2.39. The summed E-state index contributed by atoms with van der Waals surface area (Å²) in [6, 6.07) is 5.01. The molecule has 0 amide bonds. The minimum atomic E-state index is -0.506. The van der Waals surface area contributed by atoms with Crippen molar-refractivity contribution in [2.24, 2.45) is 0 Å². The van der Waals surface area contributed by atoms with Crippen LogP contribution in [0.3, 0.4) is 0 Å². The number of aliphatic hydroxyl groups excluding tert-OH is 1. The number of ether oxygens (including phenoxy) is 1. The number of hydrogen-bond acceptors (Lipinski definition) is 3. The third-order valence-corrected chi connectivity index (χ3v) is 3.69. The summed E-state index contributed by atoms with van der Waals surface area (Å²) in [7, 11) is 1.44. The Hall–Kier alpha value is -0.740. The summed E-state index contributed by atoms with van der Waals surface area (Å²) < 4.78 is 18.7. The van der Waals surface area contributed by atoms with Crippen LogP contribution in [0.4, 0.5) is 4.39 Å². The highest BCUT2D eigenvalue weighted by atomic mass is 32.2. The molecule has 0 saturated carbocycles. The Balaban J connectivity index is 2.55. The van der Waals surface area contributed by atoms with Gasteiger partial charge in [-0.3, -0.25) is 0 Å². The van der Waals surface area contributed by atoms with Gasteiger partial charge >= 0.3 is 0 Å². The molecule has 2 nitrogen and oxygen atoms in total. The molecule has 1 atom stereocenters. The molecule has 1 unspecified atom stereocenters. The van der Waals surface area contributed by atoms with Gasteiger partial charge in [-0.2, -0.15) is 11.8 Å². The van der Waals surface area contributed by atoms with E-state index >= 15 is 0 Å². The van der Waals surface area contributed by atoms with Crippen LogP contribution in [0.5, 0.6) is 5.75 Å². The second-order valence-electron chi connectivity index (χ2n) is 3.87. The van der Waals surface area contributed by atoms with Gasteiger partial charge in [-0.25, -0.2) is 4.39 Å². The molecule has 0 heterocycles. The number of hydrogen-bond donors (Lipinski definition) is 1. The molecular formula is C13H19FO2S. The van der Waals surface area contributed by atoms with Gasteiger partial charge in [0.15, 0.2) is 11.6 Å². The third-order valence-electron chi connectivity index (χ3n) is 2.38. The van der Waals surface area contributed by atoms with Crippen LogP contribution >= 0.6 is 11.8 Å². The van der Waals surface area contributed by atoms with Gasteiger partial charge in [-0.1, -0.05) is 19.1 Å². The van der Waals surface area contributed by atoms with Crippen LogP contribution in [0.1, 0.15) is 18.9 Å². The average molecular weight is 258 g/mol. The van der Waals surface area contributed by atoms with E-state index in [0.29, 0.717) is 17.7 Å². The molecule has 0 aliphatic carbocycles. The van der Waals surface area contributed by atoms with Crippen LogP contribution in [0.15, 0.2) is 18.2 Å². The van der Waals surface area contributed by atoms with Crippen molar-refractivity contribution in [2.75, 3.05) is 18.6 Å². The number of aliphatic hydroxyl groups is 1. The summed E-state index contributed by atoms with van der Waals surface area (Å²) in [4.78, 5) is 0. The molecule has 0 aromatic heterocycles. The van der Waals surface area contributed by atoms with Gasteiger partial charge in [0.05, 0.1) is 13.2 Å². The van der Waals surface area contributed by atoms with Crippen molar-refractivity contribution in [1.29, 1.82) is 0 Å². The molecule has 1 N–H and O–H groups in total. The number of thioether (sulfide) groups is 1. The Bertz CT molecular complexity index is 344. The number of methoxy groups -OCH3 is 1. The van der Waals surface area contributed by atoms with Crippen LogP contribution < -0.4 is 4.74 Å². The highest BCUT2D eigenvalue weighted by Gasteiger charge is 2.12. The predicted molar refractivity (Wildman–Crippen MR) is 70.3 cm³/mol. The minimum Gasteiger partial charge on any atom is -0.494 e. The fraction of sp³-hybridized carbons (Fsp3) is 0.538. The SMILES string of the molecule is CCCSCC(O)Cc1cccc(OC)c1F. The van der Waals surface area contributed by atoms with E-state index in [2.05, 4.69) is 6.92 Å². The molecule has 0 radical (unpaired) electrons. The van der Waals surface area contributed by atoms with E-state index in [-0.39, 0.29) is 11.6 Å². The second-order valence-corrected chi connectivity index (χ2v) is 5.02. The van der Waals surface area contributed by atoms with Crippen LogP contribution in [0.25, 0.3) is 0 Å². The lowest BCUT2D eigenvalue weighted by Crippen LogP contribution is -2.15. The molecule has 0 saturated heterocycles. The van der Waals surface area contributed by atoms with E-state index in [1.807, 2.05) is 0 Å². The molecule has 0 bridgehead atoms. The highest BCUT2D eigenvalue weighted by molar-refractivity contribution is 7.99. The average Bonchev–Trinajstić information content (AvgIpc) is 2.32. The van der Waals surface area contributed by atoms with Gasteiger partial charge < -0.3 is 9.84 Å². The summed E-state index contributed by atoms with van der Waals surface area (Å²) in [6.07, 6.45) is 0.915. The number of rotatable bonds is 7. The first-order chi connectivity index (χ1) is 8.19. The van der Waals surface area contributed by atoms with E-state index in [0.717, 1.165) is 12.2 Å². The van der Waals surface area contributed by atoms with E-state index in [4.69, 9.17) is 4.74 Å². The van der Waals surface area contributed by atoms with Gasteiger partial charge in [-0.05, 0) is 23.8 Å². The van der Waals surface area contributed by atoms with Crippen LogP contribution in [-0.2, 0) is 6.42 Å². The standard InChI is InChI=1S/C13H19FO2S/c1-3-7-17-9-11(15)8-10-5-4-6-12(16-2)13(10)14/h4-6,11,15H,3,7-9H2,1-2H3. The van der Waals surface area contributed by atoms with E-state index < -0.39 is 6.10 Å². The minimum absolute atomic E-state index is 0.232. The normalized spacial score (nSPS) is 12.5. The quantitative estimate of drug-likeness (QED) is 0.763. The molecule has 4 heteroatoms. The van der Waals surface area contributed by atoms with Crippen molar-refractivity contribution in [3.8, 4) is 5.75 Å². The van der Waals surface area contributed by atoms with Crippen molar-refractivity contribution in [3.05, 3.63) is 29.6 Å². The molecule has 0 fully saturated rings. The summed E-state index contributed by atoms with van der Waals surface area (Å²) >= 11 is 1.69. The number of halogens is 1. The maximum Gasteiger partial charge on any atom is 0.168 e. The van der Waals surface area contributed by atoms with Crippen molar-refractivity contribution < 1.29 is 14.2 Å². The Morgan fingerprint density at radius 2 is 2.24 bits per heavy atom. The van der Waals surface area contributed by atoms with Crippen LogP contribution in [-0.4, -0.2) is 29.8 Å². The van der Waals surface area contributed by atoms with Gasteiger partial charge in [0, 0.05) is 12.2 Å².